The Hall–Kier alpha value is -1.89. The van der Waals surface area contributed by atoms with Crippen LogP contribution in [0.3, 0.4) is 0 Å². The van der Waals surface area contributed by atoms with Crippen LogP contribution in [-0.2, 0) is 6.42 Å². The van der Waals surface area contributed by atoms with E-state index in [9.17, 15) is 0 Å². The van der Waals surface area contributed by atoms with Crippen molar-refractivity contribution < 1.29 is 9.47 Å². The first kappa shape index (κ1) is 12.2. The molecule has 0 unspecified atom stereocenters. The summed E-state index contributed by atoms with van der Waals surface area (Å²) in [4.78, 5) is 1.59. The van der Waals surface area contributed by atoms with E-state index in [0.717, 1.165) is 23.5 Å². The fraction of sp³-hybridized carbons (Fsp3) is 0.417. The van der Waals surface area contributed by atoms with Crippen LogP contribution in [0, 0.1) is 11.5 Å². The van der Waals surface area contributed by atoms with Crippen LogP contribution < -0.4 is 9.47 Å². The van der Waals surface area contributed by atoms with Crippen LogP contribution in [-0.4, -0.2) is 32.7 Å². The van der Waals surface area contributed by atoms with E-state index >= 15 is 0 Å². The predicted octanol–water partition coefficient (Wildman–Crippen LogP) is 1.66. The molecule has 0 atom stereocenters. The highest BCUT2D eigenvalue weighted by molar-refractivity contribution is 5.42. The molecule has 1 aromatic carbocycles. The molecule has 86 valence electrons. The van der Waals surface area contributed by atoms with Crippen molar-refractivity contribution in [3.05, 3.63) is 23.8 Å². The van der Waals surface area contributed by atoms with Crippen LogP contribution in [0.4, 0.5) is 0 Å². The van der Waals surface area contributed by atoms with Crippen molar-refractivity contribution in [1.29, 1.82) is 5.26 Å². The van der Waals surface area contributed by atoms with Crippen molar-refractivity contribution in [2.24, 2.45) is 0 Å². The van der Waals surface area contributed by atoms with Crippen LogP contribution in [0.2, 0.25) is 0 Å². The Bertz CT molecular complexity index is 385. The number of likely N-dealkylation sites (N-methyl/N-ethyl adjacent to an activating group) is 1. The van der Waals surface area contributed by atoms with Gasteiger partial charge in [0.2, 0.25) is 0 Å². The zero-order valence-electron chi connectivity index (χ0n) is 9.86. The van der Waals surface area contributed by atoms with Gasteiger partial charge in [-0.15, -0.1) is 0 Å². The molecule has 0 N–H and O–H groups in total. The number of hydrogen-bond donors (Lipinski definition) is 0. The Morgan fingerprint density at radius 3 is 2.50 bits per heavy atom. The lowest BCUT2D eigenvalue weighted by molar-refractivity contribution is 0.354. The molecule has 0 spiro atoms. The van der Waals surface area contributed by atoms with Crippen LogP contribution in [0.1, 0.15) is 5.56 Å². The molecule has 0 fully saturated rings. The number of nitrogens with zero attached hydrogens (tertiary/aromatic N) is 2. The minimum absolute atomic E-state index is 0.700. The van der Waals surface area contributed by atoms with Gasteiger partial charge in [-0.05, 0) is 24.1 Å². The molecule has 0 aliphatic rings. The van der Waals surface area contributed by atoms with Gasteiger partial charge in [-0.1, -0.05) is 6.07 Å². The first-order chi connectivity index (χ1) is 7.71. The largest absolute Gasteiger partial charge is 0.493 e. The molecule has 0 aromatic heterocycles. The summed E-state index contributed by atoms with van der Waals surface area (Å²) < 4.78 is 10.4. The van der Waals surface area contributed by atoms with Gasteiger partial charge in [-0.2, -0.15) is 5.26 Å². The predicted molar refractivity (Wildman–Crippen MR) is 61.5 cm³/mol. The molecule has 0 bridgehead atoms. The zero-order valence-corrected chi connectivity index (χ0v) is 9.86. The highest BCUT2D eigenvalue weighted by Crippen LogP contribution is 2.27. The summed E-state index contributed by atoms with van der Waals surface area (Å²) in [5.41, 5.74) is 1.12. The van der Waals surface area contributed by atoms with Crippen LogP contribution in [0.25, 0.3) is 0 Å². The summed E-state index contributed by atoms with van der Waals surface area (Å²) in [7, 11) is 4.99. The van der Waals surface area contributed by atoms with Gasteiger partial charge >= 0.3 is 0 Å². The number of nitriles is 1. The maximum atomic E-state index is 8.63. The molecule has 0 saturated carbocycles. The minimum atomic E-state index is 0.700. The van der Waals surface area contributed by atoms with E-state index in [4.69, 9.17) is 14.7 Å². The first-order valence-corrected chi connectivity index (χ1v) is 5.03. The fourth-order valence-corrected chi connectivity index (χ4v) is 1.38. The van der Waals surface area contributed by atoms with Gasteiger partial charge in [0.15, 0.2) is 17.7 Å². The summed E-state index contributed by atoms with van der Waals surface area (Å²) in [6.45, 7) is 0.700. The van der Waals surface area contributed by atoms with Crippen molar-refractivity contribution in [3.63, 3.8) is 0 Å². The van der Waals surface area contributed by atoms with E-state index in [1.165, 1.54) is 0 Å². The lowest BCUT2D eigenvalue weighted by atomic mass is 10.1. The maximum absolute atomic E-state index is 8.63. The normalized spacial score (nSPS) is 9.38. The molecule has 0 saturated heterocycles. The second kappa shape index (κ2) is 5.86. The molecule has 1 aromatic rings. The monoisotopic (exact) mass is 220 g/mol. The van der Waals surface area contributed by atoms with Gasteiger partial charge < -0.3 is 14.4 Å². The van der Waals surface area contributed by atoms with E-state index < -0.39 is 0 Å². The summed E-state index contributed by atoms with van der Waals surface area (Å²) in [6, 6.07) is 5.79. The quantitative estimate of drug-likeness (QED) is 0.559. The first-order valence-electron chi connectivity index (χ1n) is 5.03. The van der Waals surface area contributed by atoms with Crippen molar-refractivity contribution in [3.8, 4) is 17.7 Å². The average Bonchev–Trinajstić information content (AvgIpc) is 2.35. The maximum Gasteiger partial charge on any atom is 0.179 e. The Kier molecular flexibility index (Phi) is 4.46. The van der Waals surface area contributed by atoms with Crippen molar-refractivity contribution in [2.45, 2.75) is 6.42 Å². The number of methoxy groups -OCH3 is 2. The van der Waals surface area contributed by atoms with Crippen molar-refractivity contribution >= 4 is 0 Å². The van der Waals surface area contributed by atoms with E-state index in [0.29, 0.717) is 6.54 Å². The van der Waals surface area contributed by atoms with Crippen LogP contribution >= 0.6 is 0 Å². The van der Waals surface area contributed by atoms with Crippen molar-refractivity contribution in [1.82, 2.24) is 4.90 Å². The molecule has 16 heavy (non-hydrogen) atoms. The molecular weight excluding hydrogens is 204 g/mol. The van der Waals surface area contributed by atoms with Gasteiger partial charge in [-0.25, -0.2) is 0 Å². The second-order valence-corrected chi connectivity index (χ2v) is 3.46. The molecule has 0 heterocycles. The Morgan fingerprint density at radius 2 is 1.94 bits per heavy atom. The number of benzene rings is 1. The van der Waals surface area contributed by atoms with Crippen LogP contribution in [0.15, 0.2) is 18.2 Å². The highest BCUT2D eigenvalue weighted by Gasteiger charge is 2.04. The summed E-state index contributed by atoms with van der Waals surface area (Å²) >= 11 is 0. The van der Waals surface area contributed by atoms with Crippen molar-refractivity contribution in [2.75, 3.05) is 27.8 Å². The third-order valence-corrected chi connectivity index (χ3v) is 2.35. The van der Waals surface area contributed by atoms with Gasteiger partial charge in [0.25, 0.3) is 0 Å². The molecule has 0 radical (unpaired) electrons. The molecule has 1 rings (SSSR count). The minimum Gasteiger partial charge on any atom is -0.493 e. The third-order valence-electron chi connectivity index (χ3n) is 2.35. The van der Waals surface area contributed by atoms with E-state index in [-0.39, 0.29) is 0 Å². The second-order valence-electron chi connectivity index (χ2n) is 3.46. The average molecular weight is 220 g/mol. The van der Waals surface area contributed by atoms with Gasteiger partial charge in [0.05, 0.1) is 14.2 Å². The molecule has 4 nitrogen and oxygen atoms in total. The molecule has 4 heteroatoms. The molecule has 0 aliphatic heterocycles. The SMILES string of the molecule is COc1ccc(CCN(C)C#N)cc1OC. The van der Waals surface area contributed by atoms with Gasteiger partial charge in [-0.3, -0.25) is 0 Å². The standard InChI is InChI=1S/C12H16N2O2/c1-14(9-13)7-6-10-4-5-11(15-2)12(8-10)16-3/h4-5,8H,6-7H2,1-3H3. The highest BCUT2D eigenvalue weighted by atomic mass is 16.5. The zero-order chi connectivity index (χ0) is 12.0. The third kappa shape index (κ3) is 3.06. The molecular formula is C12H16N2O2. The summed E-state index contributed by atoms with van der Waals surface area (Å²) in [5, 5.41) is 8.63. The summed E-state index contributed by atoms with van der Waals surface area (Å²) in [6.07, 6.45) is 2.87. The smallest absolute Gasteiger partial charge is 0.179 e. The van der Waals surface area contributed by atoms with E-state index in [1.807, 2.05) is 18.2 Å². The Labute approximate surface area is 96.0 Å². The number of rotatable bonds is 5. The van der Waals surface area contributed by atoms with Crippen LogP contribution in [0.5, 0.6) is 11.5 Å². The molecule has 0 amide bonds. The van der Waals surface area contributed by atoms with E-state index in [1.54, 1.807) is 26.2 Å². The molecule has 0 aliphatic carbocycles. The van der Waals surface area contributed by atoms with Gasteiger partial charge in [0, 0.05) is 13.6 Å². The number of hydrogen-bond acceptors (Lipinski definition) is 4. The van der Waals surface area contributed by atoms with Gasteiger partial charge in [0.1, 0.15) is 0 Å². The Balaban J connectivity index is 2.72. The fourth-order valence-electron chi connectivity index (χ4n) is 1.38. The lowest BCUT2D eigenvalue weighted by Gasteiger charge is -2.11. The summed E-state index contributed by atoms with van der Waals surface area (Å²) in [5.74, 6) is 1.44. The Morgan fingerprint density at radius 1 is 1.25 bits per heavy atom. The topological polar surface area (TPSA) is 45.5 Å². The lowest BCUT2D eigenvalue weighted by Crippen LogP contribution is -2.14. The van der Waals surface area contributed by atoms with E-state index in [2.05, 4.69) is 6.19 Å². The number of ether oxygens (including phenoxy) is 2.